The topological polar surface area (TPSA) is 83.8 Å². The van der Waals surface area contributed by atoms with Gasteiger partial charge in [-0.3, -0.25) is 4.79 Å². The Hall–Kier alpha value is -3.67. The summed E-state index contributed by atoms with van der Waals surface area (Å²) in [6.45, 7) is 0. The van der Waals surface area contributed by atoms with E-state index in [-0.39, 0.29) is 11.7 Å². The normalized spacial score (nSPS) is 10.8. The first-order valence-electron chi connectivity index (χ1n) is 8.01. The summed E-state index contributed by atoms with van der Waals surface area (Å²) in [5.41, 5.74) is 10.1. The van der Waals surface area contributed by atoms with Gasteiger partial charge in [-0.05, 0) is 66.7 Å². The summed E-state index contributed by atoms with van der Waals surface area (Å²) in [4.78, 5) is 19.9. The van der Waals surface area contributed by atoms with E-state index in [0.717, 1.165) is 22.4 Å². The second-order valence-electron chi connectivity index (χ2n) is 5.90. The minimum Gasteiger partial charge on any atom is -0.399 e. The van der Waals surface area contributed by atoms with E-state index < -0.39 is 0 Å². The van der Waals surface area contributed by atoms with Crippen LogP contribution < -0.4 is 11.1 Å². The van der Waals surface area contributed by atoms with Crippen molar-refractivity contribution in [2.75, 3.05) is 11.1 Å². The molecular formula is C20H15FN4O. The Labute approximate surface area is 148 Å². The van der Waals surface area contributed by atoms with Crippen LogP contribution in [0.3, 0.4) is 0 Å². The minimum atomic E-state index is -0.376. The van der Waals surface area contributed by atoms with Crippen LogP contribution in [0, 0.1) is 5.82 Å². The summed E-state index contributed by atoms with van der Waals surface area (Å²) < 4.78 is 12.9. The number of halogens is 1. The Kier molecular flexibility index (Phi) is 3.85. The maximum absolute atomic E-state index is 12.9. The molecule has 1 aromatic heterocycles. The van der Waals surface area contributed by atoms with E-state index in [1.165, 1.54) is 24.3 Å². The van der Waals surface area contributed by atoms with E-state index >= 15 is 0 Å². The average molecular weight is 346 g/mol. The number of H-pyrrole nitrogens is 1. The van der Waals surface area contributed by atoms with Gasteiger partial charge in [-0.15, -0.1) is 0 Å². The summed E-state index contributed by atoms with van der Waals surface area (Å²) in [6.07, 6.45) is 0. The van der Waals surface area contributed by atoms with Crippen molar-refractivity contribution in [3.63, 3.8) is 0 Å². The molecule has 128 valence electrons. The average Bonchev–Trinajstić information content (AvgIpc) is 3.06. The number of nitrogen functional groups attached to an aromatic ring is 1. The van der Waals surface area contributed by atoms with Gasteiger partial charge < -0.3 is 16.0 Å². The number of rotatable bonds is 3. The van der Waals surface area contributed by atoms with Gasteiger partial charge in [0.1, 0.15) is 11.6 Å². The molecule has 1 amide bonds. The number of carbonyl (C=O) groups excluding carboxylic acids is 1. The molecule has 0 saturated heterocycles. The zero-order chi connectivity index (χ0) is 18.1. The number of anilines is 2. The number of hydrogen-bond donors (Lipinski definition) is 3. The molecule has 0 fully saturated rings. The lowest BCUT2D eigenvalue weighted by Gasteiger charge is -2.06. The van der Waals surface area contributed by atoms with Gasteiger partial charge in [-0.2, -0.15) is 0 Å². The van der Waals surface area contributed by atoms with Gasteiger partial charge in [-0.1, -0.05) is 0 Å². The van der Waals surface area contributed by atoms with Gasteiger partial charge in [0.15, 0.2) is 0 Å². The molecule has 4 aromatic rings. The highest BCUT2D eigenvalue weighted by molar-refractivity contribution is 6.04. The van der Waals surface area contributed by atoms with Crippen molar-refractivity contribution in [1.29, 1.82) is 0 Å². The van der Waals surface area contributed by atoms with E-state index in [1.54, 1.807) is 18.2 Å². The number of aromatic amines is 1. The molecule has 0 saturated carbocycles. The number of nitrogens with one attached hydrogen (secondary N) is 2. The predicted octanol–water partition coefficient (Wildman–Crippen LogP) is 4.20. The number of hydrogen-bond acceptors (Lipinski definition) is 3. The Morgan fingerprint density at radius 2 is 1.73 bits per heavy atom. The van der Waals surface area contributed by atoms with Gasteiger partial charge in [-0.25, -0.2) is 9.37 Å². The van der Waals surface area contributed by atoms with E-state index in [0.29, 0.717) is 16.9 Å². The van der Waals surface area contributed by atoms with Crippen LogP contribution in [0.15, 0.2) is 66.7 Å². The Morgan fingerprint density at radius 3 is 2.46 bits per heavy atom. The van der Waals surface area contributed by atoms with Gasteiger partial charge in [0.05, 0.1) is 11.0 Å². The lowest BCUT2D eigenvalue weighted by Crippen LogP contribution is -2.11. The third-order valence-electron chi connectivity index (χ3n) is 4.03. The standard InChI is InChI=1S/C20H15FN4O/c21-14-5-1-13(2-6-14)20(26)23-16-8-3-12(4-9-16)19-24-17-10-7-15(22)11-18(17)25-19/h1-11H,22H2,(H,23,26)(H,24,25). The first-order valence-corrected chi connectivity index (χ1v) is 8.01. The Morgan fingerprint density at radius 1 is 1.00 bits per heavy atom. The molecule has 0 aliphatic heterocycles. The predicted molar refractivity (Wildman–Crippen MR) is 100 cm³/mol. The van der Waals surface area contributed by atoms with Crippen LogP contribution in [0.5, 0.6) is 0 Å². The molecule has 1 heterocycles. The number of fused-ring (bicyclic) bond motifs is 1. The highest BCUT2D eigenvalue weighted by Gasteiger charge is 2.08. The number of aromatic nitrogens is 2. The third-order valence-corrected chi connectivity index (χ3v) is 4.03. The molecule has 0 aliphatic carbocycles. The monoisotopic (exact) mass is 346 g/mol. The summed E-state index contributed by atoms with van der Waals surface area (Å²) >= 11 is 0. The number of imidazole rings is 1. The Bertz CT molecular complexity index is 1090. The number of nitrogens with zero attached hydrogens (tertiary/aromatic N) is 1. The SMILES string of the molecule is Nc1ccc2nc(-c3ccc(NC(=O)c4ccc(F)cc4)cc3)[nH]c2c1. The Balaban J connectivity index is 1.54. The van der Waals surface area contributed by atoms with Crippen LogP contribution in [0.2, 0.25) is 0 Å². The van der Waals surface area contributed by atoms with Crippen molar-refractivity contribution >= 4 is 28.3 Å². The molecular weight excluding hydrogens is 331 g/mol. The third kappa shape index (κ3) is 3.12. The van der Waals surface area contributed by atoms with Crippen LogP contribution >= 0.6 is 0 Å². The van der Waals surface area contributed by atoms with Crippen molar-refractivity contribution < 1.29 is 9.18 Å². The van der Waals surface area contributed by atoms with Crippen LogP contribution in [-0.2, 0) is 0 Å². The first-order chi connectivity index (χ1) is 12.6. The molecule has 6 heteroatoms. The van der Waals surface area contributed by atoms with E-state index in [9.17, 15) is 9.18 Å². The van der Waals surface area contributed by atoms with Crippen molar-refractivity contribution in [3.05, 3.63) is 78.1 Å². The molecule has 0 bridgehead atoms. The van der Waals surface area contributed by atoms with Gasteiger partial charge in [0.2, 0.25) is 0 Å². The molecule has 0 spiro atoms. The zero-order valence-electron chi connectivity index (χ0n) is 13.7. The lowest BCUT2D eigenvalue weighted by atomic mass is 10.1. The number of carbonyl (C=O) groups is 1. The molecule has 0 radical (unpaired) electrons. The van der Waals surface area contributed by atoms with Crippen molar-refractivity contribution in [1.82, 2.24) is 9.97 Å². The van der Waals surface area contributed by atoms with E-state index in [2.05, 4.69) is 15.3 Å². The zero-order valence-corrected chi connectivity index (χ0v) is 13.7. The summed E-state index contributed by atoms with van der Waals surface area (Å²) in [7, 11) is 0. The first kappa shape index (κ1) is 15.8. The fraction of sp³-hybridized carbons (Fsp3) is 0. The van der Waals surface area contributed by atoms with Crippen LogP contribution in [-0.4, -0.2) is 15.9 Å². The fourth-order valence-electron chi connectivity index (χ4n) is 2.68. The van der Waals surface area contributed by atoms with Crippen molar-refractivity contribution in [2.45, 2.75) is 0 Å². The molecule has 0 aliphatic rings. The maximum Gasteiger partial charge on any atom is 0.255 e. The number of amides is 1. The van der Waals surface area contributed by atoms with Crippen LogP contribution in [0.1, 0.15) is 10.4 Å². The van der Waals surface area contributed by atoms with E-state index in [4.69, 9.17) is 5.73 Å². The number of benzene rings is 3. The molecule has 26 heavy (non-hydrogen) atoms. The molecule has 3 aromatic carbocycles. The second-order valence-corrected chi connectivity index (χ2v) is 5.90. The van der Waals surface area contributed by atoms with Crippen LogP contribution in [0.25, 0.3) is 22.4 Å². The van der Waals surface area contributed by atoms with Gasteiger partial charge in [0.25, 0.3) is 5.91 Å². The lowest BCUT2D eigenvalue weighted by molar-refractivity contribution is 0.102. The van der Waals surface area contributed by atoms with Crippen molar-refractivity contribution in [2.24, 2.45) is 0 Å². The van der Waals surface area contributed by atoms with Gasteiger partial charge >= 0.3 is 0 Å². The summed E-state index contributed by atoms with van der Waals surface area (Å²) in [5.74, 6) is 0.0532. The smallest absolute Gasteiger partial charge is 0.255 e. The highest BCUT2D eigenvalue weighted by atomic mass is 19.1. The number of nitrogens with two attached hydrogens (primary N) is 1. The largest absolute Gasteiger partial charge is 0.399 e. The minimum absolute atomic E-state index is 0.294. The summed E-state index contributed by atoms with van der Waals surface area (Å²) in [5, 5.41) is 2.78. The second kappa shape index (κ2) is 6.33. The van der Waals surface area contributed by atoms with Crippen molar-refractivity contribution in [3.8, 4) is 11.4 Å². The maximum atomic E-state index is 12.9. The van der Waals surface area contributed by atoms with Crippen LogP contribution in [0.4, 0.5) is 15.8 Å². The molecule has 0 atom stereocenters. The molecule has 0 unspecified atom stereocenters. The molecule has 5 nitrogen and oxygen atoms in total. The van der Waals surface area contributed by atoms with E-state index in [1.807, 2.05) is 24.3 Å². The quantitative estimate of drug-likeness (QED) is 0.486. The highest BCUT2D eigenvalue weighted by Crippen LogP contribution is 2.23. The fourth-order valence-corrected chi connectivity index (χ4v) is 2.68. The molecule has 4 rings (SSSR count). The molecule has 4 N–H and O–H groups in total. The summed E-state index contributed by atoms with van der Waals surface area (Å²) in [6, 6.07) is 18.2. The van der Waals surface area contributed by atoms with Gasteiger partial charge in [0, 0.05) is 22.5 Å².